The summed E-state index contributed by atoms with van der Waals surface area (Å²) in [4.78, 5) is 38.2. The van der Waals surface area contributed by atoms with E-state index in [0.29, 0.717) is 5.33 Å². The molecule has 0 aromatic carbocycles. The van der Waals surface area contributed by atoms with Gasteiger partial charge in [-0.05, 0) is 75.0 Å². The lowest BCUT2D eigenvalue weighted by atomic mass is 9.71. The second-order valence-corrected chi connectivity index (χ2v) is 13.9. The van der Waals surface area contributed by atoms with E-state index in [1.165, 1.54) is 13.8 Å². The zero-order valence-electron chi connectivity index (χ0n) is 34.2. The van der Waals surface area contributed by atoms with Crippen LogP contribution in [0.5, 0.6) is 0 Å². The molecule has 0 bridgehead atoms. The van der Waals surface area contributed by atoms with Crippen molar-refractivity contribution in [2.24, 2.45) is 17.8 Å². The monoisotopic (exact) mass is 854 g/mol. The second-order valence-electron chi connectivity index (χ2n) is 13.3. The number of esters is 2. The van der Waals surface area contributed by atoms with Crippen LogP contribution >= 0.6 is 15.9 Å². The molecule has 0 N–H and O–H groups in total. The molecule has 3 aliphatic rings. The van der Waals surface area contributed by atoms with Crippen molar-refractivity contribution in [2.75, 3.05) is 18.5 Å². The third kappa shape index (κ3) is 19.5. The first-order chi connectivity index (χ1) is 28.5. The van der Waals surface area contributed by atoms with E-state index in [1.807, 2.05) is 24.3 Å². The summed E-state index contributed by atoms with van der Waals surface area (Å²) in [6.45, 7) is 46.2. The van der Waals surface area contributed by atoms with E-state index in [1.54, 1.807) is 0 Å². The van der Waals surface area contributed by atoms with Crippen LogP contribution in [0.1, 0.15) is 104 Å². The number of nitriles is 1. The van der Waals surface area contributed by atoms with Crippen LogP contribution in [0.2, 0.25) is 0 Å². The third-order valence-corrected chi connectivity index (χ3v) is 9.80. The zero-order chi connectivity index (χ0) is 44.4. The number of ether oxygens (including phenoxy) is 2. The molecule has 59 heavy (non-hydrogen) atoms. The van der Waals surface area contributed by atoms with Gasteiger partial charge in [0.25, 0.3) is 5.70 Å². The number of allylic oxidation sites excluding steroid dienone is 5. The zero-order valence-corrected chi connectivity index (χ0v) is 35.8. The molecule has 3 atom stereocenters. The minimum Gasteiger partial charge on any atom is -0.453 e. The van der Waals surface area contributed by atoms with Gasteiger partial charge in [0.1, 0.15) is 5.92 Å². The maximum absolute atomic E-state index is 10.7. The van der Waals surface area contributed by atoms with Gasteiger partial charge in [-0.1, -0.05) is 90.4 Å². The lowest BCUT2D eigenvalue weighted by Gasteiger charge is -2.29. The van der Waals surface area contributed by atoms with E-state index < -0.39 is 11.3 Å². The van der Waals surface area contributed by atoms with Gasteiger partial charge in [-0.2, -0.15) is 0 Å². The molecule has 3 rings (SSSR count). The van der Waals surface area contributed by atoms with Crippen LogP contribution in [-0.4, -0.2) is 41.8 Å². The molecule has 0 saturated heterocycles. The van der Waals surface area contributed by atoms with Crippen molar-refractivity contribution in [2.45, 2.75) is 115 Å². The highest BCUT2D eigenvalue weighted by Crippen LogP contribution is 2.43. The topological polar surface area (TPSA) is 98.2 Å². The Morgan fingerprint density at radius 2 is 1.44 bits per heavy atom. The highest BCUT2D eigenvalue weighted by atomic mass is 79.9. The number of nitrogens with zero attached hydrogens (tertiary/aromatic N) is 6. The van der Waals surface area contributed by atoms with Crippen LogP contribution in [0.15, 0.2) is 59.7 Å². The number of halogens is 1. The van der Waals surface area contributed by atoms with Gasteiger partial charge >= 0.3 is 23.3 Å². The first-order valence-electron chi connectivity index (χ1n) is 19.1. The Balaban J connectivity index is 0.000000799. The van der Waals surface area contributed by atoms with Crippen molar-refractivity contribution in [3.05, 3.63) is 117 Å². The minimum atomic E-state index is -1.17. The molecule has 0 aromatic rings. The van der Waals surface area contributed by atoms with Gasteiger partial charge in [0, 0.05) is 19.8 Å². The van der Waals surface area contributed by atoms with Gasteiger partial charge in [-0.25, -0.2) is 55.8 Å². The summed E-state index contributed by atoms with van der Waals surface area (Å²) in [7, 11) is 0. The SMILES string of the molecule is CC(=O)OCC#CCBr.[C-]#[N+]/C(C#N)=C1\CCCCC1C=C=C.[C-]#[N+]C(CC#C)([N+]#[C-])C1=CCCCC1.[C-]#[N+]C(CC#CCOC(C)=O)([N+]#[C-])C1CCCC[C@H]1C=C=C. The molecule has 0 radical (unpaired) electrons. The standard InChI is InChI=1S/C18H20N2O2.2C12H12N2.C6H7BrO2/c1-5-10-16-11-6-7-12-17(16)18(19-3,20-4)13-8-9-14-22-15(2)21;1-4-10-12(13-2,14-3)11-8-6-5-7-9-11;1-3-6-10-7-4-5-8-11(10)12(9-13)14-2;1-6(8)9-5-3-2-4-7/h10,16-17H,1,6-7,11-14H2,2H3;1,8H,5-7,9-10H2;6,10H,1,4-5,7-8H2;4-5H2,1H3/b;;12-11+;/t16-,17?;;;/m1.../s1. The number of rotatable bonds is 8. The Kier molecular flexibility index (Phi) is 28.2. The average molecular weight is 856 g/mol. The van der Waals surface area contributed by atoms with Crippen LogP contribution in [0.25, 0.3) is 24.2 Å². The Morgan fingerprint density at radius 3 is 1.93 bits per heavy atom. The van der Waals surface area contributed by atoms with Crippen molar-refractivity contribution >= 4 is 27.9 Å². The van der Waals surface area contributed by atoms with Crippen LogP contribution in [0.3, 0.4) is 0 Å². The molecular weight excluding hydrogens is 804 g/mol. The predicted octanol–water partition coefficient (Wildman–Crippen LogP) is 10.8. The van der Waals surface area contributed by atoms with Crippen LogP contribution in [-0.2, 0) is 19.1 Å². The van der Waals surface area contributed by atoms with Crippen LogP contribution in [0, 0.1) is 98.0 Å². The molecule has 2 fully saturated rings. The molecule has 0 amide bonds. The number of alkyl halides is 1. The normalized spacial score (nSPS) is 18.2. The summed E-state index contributed by atoms with van der Waals surface area (Å²) in [6.07, 6.45) is 23.5. The minimum absolute atomic E-state index is 0.00205. The lowest BCUT2D eigenvalue weighted by molar-refractivity contribution is -0.140. The number of hydrogen-bond acceptors (Lipinski definition) is 5. The number of hydrogen-bond donors (Lipinski definition) is 0. The maximum atomic E-state index is 10.7. The van der Waals surface area contributed by atoms with Crippen LogP contribution in [0.4, 0.5) is 0 Å². The molecule has 0 aliphatic heterocycles. The summed E-state index contributed by atoms with van der Waals surface area (Å²) in [5.41, 5.74) is 5.48. The summed E-state index contributed by atoms with van der Waals surface area (Å²) >= 11 is 3.10. The van der Waals surface area contributed by atoms with Gasteiger partial charge in [0.2, 0.25) is 0 Å². The van der Waals surface area contributed by atoms with Crippen LogP contribution < -0.4 is 0 Å². The van der Waals surface area contributed by atoms with E-state index in [0.717, 1.165) is 88.2 Å². The lowest BCUT2D eigenvalue weighted by Crippen LogP contribution is -2.37. The average Bonchev–Trinajstić information content (AvgIpc) is 3.25. The number of carbonyl (C=O) groups is 2. The molecule has 0 heterocycles. The molecular formula is C48H51BrN6O4. The first-order valence-corrected chi connectivity index (χ1v) is 20.2. The van der Waals surface area contributed by atoms with Crippen molar-refractivity contribution in [3.63, 3.8) is 0 Å². The highest BCUT2D eigenvalue weighted by molar-refractivity contribution is 9.09. The largest absolute Gasteiger partial charge is 0.516 e. The second kappa shape index (κ2) is 31.6. The van der Waals surface area contributed by atoms with Crippen molar-refractivity contribution in [1.29, 1.82) is 5.26 Å². The molecule has 2 saturated carbocycles. The number of terminal acetylenes is 1. The summed E-state index contributed by atoms with van der Waals surface area (Å²) < 4.78 is 9.25. The van der Waals surface area contributed by atoms with Gasteiger partial charge < -0.3 is 9.47 Å². The predicted molar refractivity (Wildman–Crippen MR) is 233 cm³/mol. The van der Waals surface area contributed by atoms with E-state index in [9.17, 15) is 9.59 Å². The fourth-order valence-electron chi connectivity index (χ4n) is 6.64. The summed E-state index contributed by atoms with van der Waals surface area (Å²) in [5, 5.41) is 9.41. The Morgan fingerprint density at radius 1 is 0.847 bits per heavy atom. The van der Waals surface area contributed by atoms with Gasteiger partial charge in [-0.3, -0.25) is 9.59 Å². The summed E-state index contributed by atoms with van der Waals surface area (Å²) in [5.74, 6) is 12.9. The van der Waals surface area contributed by atoms with Gasteiger partial charge in [0.05, 0.1) is 23.5 Å². The Labute approximate surface area is 361 Å². The molecule has 11 heteroatoms. The molecule has 0 spiro atoms. The fourth-order valence-corrected chi connectivity index (χ4v) is 6.83. The Hall–Kier alpha value is -6.44. The molecule has 2 unspecified atom stereocenters. The van der Waals surface area contributed by atoms with Gasteiger partial charge in [0.15, 0.2) is 26.1 Å². The van der Waals surface area contributed by atoms with Crippen molar-refractivity contribution in [1.82, 2.24) is 0 Å². The van der Waals surface area contributed by atoms with E-state index >= 15 is 0 Å². The maximum Gasteiger partial charge on any atom is 0.516 e. The van der Waals surface area contributed by atoms with Gasteiger partial charge in [-0.15, -0.1) is 17.9 Å². The quantitative estimate of drug-likeness (QED) is 0.0461. The van der Waals surface area contributed by atoms with Crippen molar-refractivity contribution in [3.8, 4) is 42.1 Å². The van der Waals surface area contributed by atoms with E-state index in [4.69, 9.17) is 49.3 Å². The molecule has 304 valence electrons. The first kappa shape index (κ1) is 52.6. The summed E-state index contributed by atoms with van der Waals surface area (Å²) in [6, 6.07) is 1.97. The Bertz CT molecular complexity index is 1990. The fraction of sp³-hybridized carbons (Fsp3) is 0.500. The number of carbonyl (C=O) groups excluding carboxylic acids is 2. The molecule has 0 aromatic heterocycles. The van der Waals surface area contributed by atoms with E-state index in [-0.39, 0.29) is 61.4 Å². The molecule has 10 nitrogen and oxygen atoms in total. The smallest absolute Gasteiger partial charge is 0.453 e. The van der Waals surface area contributed by atoms with Crippen molar-refractivity contribution < 1.29 is 19.1 Å². The third-order valence-electron chi connectivity index (χ3n) is 9.52. The highest BCUT2D eigenvalue weighted by Gasteiger charge is 2.55. The van der Waals surface area contributed by atoms with E-state index in [2.05, 4.69) is 99.1 Å². The molecule has 3 aliphatic carbocycles.